The molecule has 1 amide bonds. The first-order chi connectivity index (χ1) is 5.95. The van der Waals surface area contributed by atoms with Crippen LogP contribution in [0.5, 0.6) is 0 Å². The standard InChI is InChI=1S/C10H18BrNO/c1-4-5-7-6-8(7)12-9(13)10(2,3)11/h7-8H,4-6H2,1-3H3,(H,12,13). The number of carbonyl (C=O) groups excluding carboxylic acids is 1. The lowest BCUT2D eigenvalue weighted by Gasteiger charge is -2.15. The lowest BCUT2D eigenvalue weighted by atomic mass is 10.2. The minimum Gasteiger partial charge on any atom is -0.352 e. The van der Waals surface area contributed by atoms with Gasteiger partial charge in [-0.2, -0.15) is 0 Å². The van der Waals surface area contributed by atoms with Gasteiger partial charge < -0.3 is 5.32 Å². The van der Waals surface area contributed by atoms with E-state index >= 15 is 0 Å². The molecule has 0 aromatic rings. The van der Waals surface area contributed by atoms with Gasteiger partial charge in [-0.05, 0) is 32.6 Å². The van der Waals surface area contributed by atoms with Gasteiger partial charge >= 0.3 is 0 Å². The summed E-state index contributed by atoms with van der Waals surface area (Å²) in [6, 6.07) is 0.448. The molecular weight excluding hydrogens is 230 g/mol. The van der Waals surface area contributed by atoms with E-state index in [0.29, 0.717) is 6.04 Å². The highest BCUT2D eigenvalue weighted by atomic mass is 79.9. The van der Waals surface area contributed by atoms with Gasteiger partial charge in [-0.15, -0.1) is 0 Å². The first kappa shape index (κ1) is 11.0. The number of nitrogens with one attached hydrogen (secondary N) is 1. The van der Waals surface area contributed by atoms with Gasteiger partial charge in [-0.1, -0.05) is 29.3 Å². The normalized spacial score (nSPS) is 27.1. The Labute approximate surface area is 88.6 Å². The Morgan fingerprint density at radius 3 is 2.69 bits per heavy atom. The monoisotopic (exact) mass is 247 g/mol. The van der Waals surface area contributed by atoms with Crippen LogP contribution in [0.25, 0.3) is 0 Å². The second kappa shape index (κ2) is 3.99. The van der Waals surface area contributed by atoms with Crippen molar-refractivity contribution in [1.82, 2.24) is 5.32 Å². The number of amides is 1. The summed E-state index contributed by atoms with van der Waals surface area (Å²) >= 11 is 3.35. The van der Waals surface area contributed by atoms with Gasteiger partial charge in [0.05, 0.1) is 4.32 Å². The third-order valence-electron chi connectivity index (χ3n) is 2.44. The second-order valence-electron chi connectivity index (χ2n) is 4.34. The van der Waals surface area contributed by atoms with Crippen molar-refractivity contribution in [2.45, 2.75) is 50.4 Å². The lowest BCUT2D eigenvalue weighted by molar-refractivity contribution is -0.122. The minimum atomic E-state index is -0.424. The summed E-state index contributed by atoms with van der Waals surface area (Å²) in [5.74, 6) is 0.847. The maximum absolute atomic E-state index is 11.5. The van der Waals surface area contributed by atoms with Crippen molar-refractivity contribution in [2.75, 3.05) is 0 Å². The van der Waals surface area contributed by atoms with Gasteiger partial charge in [-0.25, -0.2) is 0 Å². The highest BCUT2D eigenvalue weighted by Crippen LogP contribution is 2.35. The van der Waals surface area contributed by atoms with Gasteiger partial charge in [0.25, 0.3) is 0 Å². The molecule has 0 radical (unpaired) electrons. The summed E-state index contributed by atoms with van der Waals surface area (Å²) in [5.41, 5.74) is 0. The van der Waals surface area contributed by atoms with Crippen molar-refractivity contribution < 1.29 is 4.79 Å². The Balaban J connectivity index is 2.25. The molecule has 2 atom stereocenters. The van der Waals surface area contributed by atoms with E-state index in [0.717, 1.165) is 5.92 Å². The molecule has 1 fully saturated rings. The summed E-state index contributed by atoms with van der Waals surface area (Å²) in [5, 5.41) is 3.04. The zero-order chi connectivity index (χ0) is 10.1. The molecule has 0 heterocycles. The van der Waals surface area contributed by atoms with Crippen molar-refractivity contribution in [3.05, 3.63) is 0 Å². The lowest BCUT2D eigenvalue weighted by Crippen LogP contribution is -2.39. The minimum absolute atomic E-state index is 0.108. The smallest absolute Gasteiger partial charge is 0.236 e. The summed E-state index contributed by atoms with van der Waals surface area (Å²) < 4.78 is -0.424. The average Bonchev–Trinajstić information content (AvgIpc) is 2.66. The fraction of sp³-hybridized carbons (Fsp3) is 0.900. The number of halogens is 1. The Bertz CT molecular complexity index is 198. The zero-order valence-electron chi connectivity index (χ0n) is 8.56. The predicted molar refractivity (Wildman–Crippen MR) is 58.0 cm³/mol. The Morgan fingerprint density at radius 1 is 1.62 bits per heavy atom. The molecule has 0 saturated heterocycles. The van der Waals surface area contributed by atoms with Crippen LogP contribution in [0.3, 0.4) is 0 Å². The van der Waals surface area contributed by atoms with Crippen LogP contribution in [0.4, 0.5) is 0 Å². The van der Waals surface area contributed by atoms with Crippen LogP contribution in [-0.4, -0.2) is 16.3 Å². The molecule has 2 unspecified atom stereocenters. The van der Waals surface area contributed by atoms with E-state index in [1.165, 1.54) is 19.3 Å². The van der Waals surface area contributed by atoms with E-state index in [9.17, 15) is 4.79 Å². The first-order valence-electron chi connectivity index (χ1n) is 4.95. The van der Waals surface area contributed by atoms with Crippen molar-refractivity contribution in [2.24, 2.45) is 5.92 Å². The molecular formula is C10H18BrNO. The number of hydrogen-bond acceptors (Lipinski definition) is 1. The van der Waals surface area contributed by atoms with Crippen molar-refractivity contribution >= 4 is 21.8 Å². The molecule has 1 saturated carbocycles. The first-order valence-corrected chi connectivity index (χ1v) is 5.74. The quantitative estimate of drug-likeness (QED) is 0.761. The highest BCUT2D eigenvalue weighted by Gasteiger charge is 2.39. The highest BCUT2D eigenvalue weighted by molar-refractivity contribution is 9.10. The van der Waals surface area contributed by atoms with Crippen LogP contribution in [0.15, 0.2) is 0 Å². The van der Waals surface area contributed by atoms with Crippen molar-refractivity contribution in [1.29, 1.82) is 0 Å². The van der Waals surface area contributed by atoms with Gasteiger partial charge in [0.1, 0.15) is 0 Å². The number of rotatable bonds is 4. The van der Waals surface area contributed by atoms with Crippen molar-refractivity contribution in [3.63, 3.8) is 0 Å². The second-order valence-corrected chi connectivity index (χ2v) is 6.32. The maximum atomic E-state index is 11.5. The molecule has 0 aromatic heterocycles. The largest absolute Gasteiger partial charge is 0.352 e. The van der Waals surface area contributed by atoms with Crippen LogP contribution in [-0.2, 0) is 4.79 Å². The van der Waals surface area contributed by atoms with Gasteiger partial charge in [0.15, 0.2) is 0 Å². The van der Waals surface area contributed by atoms with E-state index in [1.807, 2.05) is 13.8 Å². The number of alkyl halides is 1. The fourth-order valence-corrected chi connectivity index (χ4v) is 1.57. The Morgan fingerprint density at radius 2 is 2.23 bits per heavy atom. The van der Waals surface area contributed by atoms with E-state index < -0.39 is 4.32 Å². The van der Waals surface area contributed by atoms with Crippen LogP contribution in [0.1, 0.15) is 40.0 Å². The van der Waals surface area contributed by atoms with Crippen LogP contribution in [0, 0.1) is 5.92 Å². The maximum Gasteiger partial charge on any atom is 0.236 e. The van der Waals surface area contributed by atoms with Gasteiger partial charge in [0, 0.05) is 6.04 Å². The predicted octanol–water partition coefficient (Wildman–Crippen LogP) is 2.46. The third kappa shape index (κ3) is 3.29. The summed E-state index contributed by atoms with van der Waals surface area (Å²) in [6.45, 7) is 5.94. The van der Waals surface area contributed by atoms with E-state index in [4.69, 9.17) is 0 Å². The van der Waals surface area contributed by atoms with Gasteiger partial charge in [0.2, 0.25) is 5.91 Å². The third-order valence-corrected chi connectivity index (χ3v) is 2.80. The topological polar surface area (TPSA) is 29.1 Å². The molecule has 1 aliphatic rings. The fourth-order valence-electron chi connectivity index (χ4n) is 1.45. The number of hydrogen-bond donors (Lipinski definition) is 1. The Hall–Kier alpha value is -0.0500. The van der Waals surface area contributed by atoms with Crippen LogP contribution in [0.2, 0.25) is 0 Å². The van der Waals surface area contributed by atoms with E-state index in [1.54, 1.807) is 0 Å². The molecule has 0 bridgehead atoms. The zero-order valence-corrected chi connectivity index (χ0v) is 10.1. The molecule has 2 nitrogen and oxygen atoms in total. The van der Waals surface area contributed by atoms with E-state index in [-0.39, 0.29) is 5.91 Å². The molecule has 1 aliphatic carbocycles. The summed E-state index contributed by atoms with van der Waals surface area (Å²) in [7, 11) is 0. The molecule has 0 spiro atoms. The number of carbonyl (C=O) groups is 1. The summed E-state index contributed by atoms with van der Waals surface area (Å²) in [6.07, 6.45) is 3.63. The molecule has 3 heteroatoms. The molecule has 76 valence electrons. The van der Waals surface area contributed by atoms with Crippen LogP contribution < -0.4 is 5.32 Å². The summed E-state index contributed by atoms with van der Waals surface area (Å²) in [4.78, 5) is 11.5. The molecule has 0 aliphatic heterocycles. The average molecular weight is 248 g/mol. The molecule has 1 N–H and O–H groups in total. The SMILES string of the molecule is CCCC1CC1NC(=O)C(C)(C)Br. The van der Waals surface area contributed by atoms with Crippen LogP contribution >= 0.6 is 15.9 Å². The Kier molecular flexibility index (Phi) is 3.38. The van der Waals surface area contributed by atoms with E-state index in [2.05, 4.69) is 28.2 Å². The molecule has 13 heavy (non-hydrogen) atoms. The van der Waals surface area contributed by atoms with Gasteiger partial charge in [-0.3, -0.25) is 4.79 Å². The molecule has 1 rings (SSSR count). The van der Waals surface area contributed by atoms with Crippen molar-refractivity contribution in [3.8, 4) is 0 Å². The molecule has 0 aromatic carbocycles.